The summed E-state index contributed by atoms with van der Waals surface area (Å²) in [7, 11) is 0. The van der Waals surface area contributed by atoms with Gasteiger partial charge in [0.25, 0.3) is 16.7 Å². The van der Waals surface area contributed by atoms with Crippen LogP contribution in [0.3, 0.4) is 0 Å². The van der Waals surface area contributed by atoms with Crippen molar-refractivity contribution < 1.29 is 10.4 Å². The highest BCUT2D eigenvalue weighted by Gasteiger charge is 2.06. The number of nitrogens with zero attached hydrogens (tertiary/aromatic N) is 4. The number of benzene rings is 4. The van der Waals surface area contributed by atoms with E-state index in [1.807, 2.05) is 96.4 Å². The average molecular weight is 769 g/mol. The lowest BCUT2D eigenvalue weighted by atomic mass is 10.2. The van der Waals surface area contributed by atoms with Gasteiger partial charge in [-0.05, 0) is 103 Å². The summed E-state index contributed by atoms with van der Waals surface area (Å²) >= 11 is 0. The molecule has 0 atom stereocenters. The number of anilines is 2. The lowest BCUT2D eigenvalue weighted by molar-refractivity contribution is 0.0292. The summed E-state index contributed by atoms with van der Waals surface area (Å²) in [5.41, 5.74) is 10.4. The molecule has 0 radical (unpaired) electrons. The molecule has 0 amide bonds. The molecular formula is C45H48N6O6. The quantitative estimate of drug-likeness (QED) is 0.0937. The monoisotopic (exact) mass is 768 g/mol. The Bertz CT molecular complexity index is 2840. The number of aromatic amines is 1. The van der Waals surface area contributed by atoms with Crippen molar-refractivity contribution in [1.82, 2.24) is 18.7 Å². The van der Waals surface area contributed by atoms with Crippen molar-refractivity contribution in [3.05, 3.63) is 175 Å². The molecule has 294 valence electrons. The van der Waals surface area contributed by atoms with Gasteiger partial charge in [-0.15, -0.1) is 5.23 Å². The zero-order valence-corrected chi connectivity index (χ0v) is 32.3. The maximum atomic E-state index is 11.7. The summed E-state index contributed by atoms with van der Waals surface area (Å²) in [6, 6.07) is 39.6. The van der Waals surface area contributed by atoms with E-state index in [0.717, 1.165) is 81.7 Å². The second-order valence-corrected chi connectivity index (χ2v) is 13.3. The SMILES string of the molecule is CCCn1c(=O)ccc2cc(N(O)O)ccc21.CCCn1c(=O)ccc2cc(N)ccc21.CCCn1c(=O)ccc2ccccc21.O=c1ccc2ccccc2[nH]1. The van der Waals surface area contributed by atoms with Crippen LogP contribution in [-0.2, 0) is 19.6 Å². The van der Waals surface area contributed by atoms with Gasteiger partial charge in [-0.3, -0.25) is 29.6 Å². The van der Waals surface area contributed by atoms with Crippen LogP contribution in [-0.4, -0.2) is 29.1 Å². The van der Waals surface area contributed by atoms with Crippen LogP contribution in [0.15, 0.2) is 153 Å². The highest BCUT2D eigenvalue weighted by molar-refractivity contribution is 5.83. The molecule has 57 heavy (non-hydrogen) atoms. The summed E-state index contributed by atoms with van der Waals surface area (Å²) in [6.45, 7) is 8.33. The number of nitrogens with two attached hydrogens (primary N) is 1. The summed E-state index contributed by atoms with van der Waals surface area (Å²) in [4.78, 5) is 48.5. The first-order valence-electron chi connectivity index (χ1n) is 18.9. The molecule has 4 aromatic carbocycles. The van der Waals surface area contributed by atoms with E-state index < -0.39 is 0 Å². The number of H-pyrrole nitrogens is 1. The van der Waals surface area contributed by atoms with Crippen LogP contribution in [0.2, 0.25) is 0 Å². The van der Waals surface area contributed by atoms with Crippen molar-refractivity contribution in [1.29, 1.82) is 0 Å². The van der Waals surface area contributed by atoms with Gasteiger partial charge in [0.1, 0.15) is 0 Å². The number of fused-ring (bicyclic) bond motifs is 4. The van der Waals surface area contributed by atoms with Crippen molar-refractivity contribution in [3.8, 4) is 0 Å². The first-order valence-corrected chi connectivity index (χ1v) is 18.9. The van der Waals surface area contributed by atoms with E-state index in [4.69, 9.17) is 16.1 Å². The number of pyridine rings is 4. The molecule has 0 saturated carbocycles. The molecule has 5 N–H and O–H groups in total. The number of para-hydroxylation sites is 2. The molecule has 0 aliphatic rings. The van der Waals surface area contributed by atoms with E-state index in [0.29, 0.717) is 6.54 Å². The van der Waals surface area contributed by atoms with Crippen LogP contribution >= 0.6 is 0 Å². The topological polar surface area (TPSA) is 169 Å². The van der Waals surface area contributed by atoms with Gasteiger partial charge in [0.05, 0.1) is 22.2 Å². The number of aryl methyl sites for hydroxylation is 3. The Morgan fingerprint density at radius 3 is 1.53 bits per heavy atom. The van der Waals surface area contributed by atoms with Crippen molar-refractivity contribution in [2.24, 2.45) is 0 Å². The lowest BCUT2D eigenvalue weighted by Crippen LogP contribution is -2.19. The maximum Gasteiger partial charge on any atom is 0.251 e. The molecule has 0 aliphatic heterocycles. The molecule has 4 heterocycles. The first-order chi connectivity index (χ1) is 27.5. The molecule has 4 aromatic heterocycles. The van der Waals surface area contributed by atoms with E-state index in [2.05, 4.69) is 18.8 Å². The minimum atomic E-state index is -0.0521. The van der Waals surface area contributed by atoms with Gasteiger partial charge in [0.15, 0.2) is 0 Å². The van der Waals surface area contributed by atoms with Crippen LogP contribution in [0, 0.1) is 0 Å². The Morgan fingerprint density at radius 1 is 0.509 bits per heavy atom. The summed E-state index contributed by atoms with van der Waals surface area (Å²) in [5, 5.41) is 21.9. The van der Waals surface area contributed by atoms with Crippen molar-refractivity contribution in [3.63, 3.8) is 0 Å². The smallest absolute Gasteiger partial charge is 0.251 e. The molecule has 0 fully saturated rings. The predicted molar refractivity (Wildman–Crippen MR) is 231 cm³/mol. The van der Waals surface area contributed by atoms with Crippen LogP contribution in [0.25, 0.3) is 43.6 Å². The highest BCUT2D eigenvalue weighted by Crippen LogP contribution is 2.20. The zero-order chi connectivity index (χ0) is 40.9. The van der Waals surface area contributed by atoms with Gasteiger partial charge >= 0.3 is 0 Å². The summed E-state index contributed by atoms with van der Waals surface area (Å²) < 4.78 is 5.29. The normalized spacial score (nSPS) is 10.6. The minimum Gasteiger partial charge on any atom is -0.399 e. The predicted octanol–water partition coefficient (Wildman–Crippen LogP) is 7.93. The fraction of sp³-hybridized carbons (Fsp3) is 0.200. The Kier molecular flexibility index (Phi) is 14.3. The average Bonchev–Trinajstić information content (AvgIpc) is 3.21. The third-order valence-electron chi connectivity index (χ3n) is 9.09. The number of nitrogens with one attached hydrogen (secondary N) is 1. The number of hydrogen-bond donors (Lipinski definition) is 4. The molecule has 0 aliphatic carbocycles. The van der Waals surface area contributed by atoms with E-state index in [1.165, 1.54) is 12.1 Å². The number of aromatic nitrogens is 4. The molecular weight excluding hydrogens is 721 g/mol. The second-order valence-electron chi connectivity index (χ2n) is 13.3. The summed E-state index contributed by atoms with van der Waals surface area (Å²) in [5.74, 6) is 0. The number of hydrogen-bond acceptors (Lipinski definition) is 8. The zero-order valence-electron chi connectivity index (χ0n) is 32.3. The van der Waals surface area contributed by atoms with Gasteiger partial charge in [-0.1, -0.05) is 57.2 Å². The van der Waals surface area contributed by atoms with Crippen molar-refractivity contribution in [2.45, 2.75) is 59.7 Å². The van der Waals surface area contributed by atoms with E-state index in [-0.39, 0.29) is 33.2 Å². The lowest BCUT2D eigenvalue weighted by Gasteiger charge is -2.12. The van der Waals surface area contributed by atoms with Crippen molar-refractivity contribution >= 4 is 55.0 Å². The van der Waals surface area contributed by atoms with Gasteiger partial charge in [-0.2, -0.15) is 0 Å². The van der Waals surface area contributed by atoms with Crippen LogP contribution in [0.4, 0.5) is 11.4 Å². The molecule has 0 bridgehead atoms. The Hall–Kier alpha value is -6.76. The largest absolute Gasteiger partial charge is 0.399 e. The first kappa shape index (κ1) is 41.4. The molecule has 12 heteroatoms. The third-order valence-corrected chi connectivity index (χ3v) is 9.09. The van der Waals surface area contributed by atoms with Crippen LogP contribution in [0.5, 0.6) is 0 Å². The molecule has 0 unspecified atom stereocenters. The maximum absolute atomic E-state index is 11.7. The Labute approximate surface area is 328 Å². The standard InChI is InChI=1S/C12H14N2O3.C12H14N2O.C12H13NO.C9H7NO/c1-2-7-13-11-5-4-10(14(16)17)8-9(11)3-6-12(13)15;1-2-7-14-11-5-4-10(13)8-9(11)3-6-12(14)15;1-2-9-13-11-6-4-3-5-10(11)7-8-12(13)14;11-9-6-5-7-3-1-2-4-8(7)10-9/h3-6,8,16-17H,2,7H2,1H3;3-6,8H,2,7,13H2,1H3;3-8H,2,9H2,1H3;1-6H,(H,10,11). The van der Waals surface area contributed by atoms with Gasteiger partial charge < -0.3 is 24.4 Å². The van der Waals surface area contributed by atoms with E-state index in [9.17, 15) is 19.2 Å². The Balaban J connectivity index is 0.000000146. The number of rotatable bonds is 7. The van der Waals surface area contributed by atoms with Crippen molar-refractivity contribution in [2.75, 3.05) is 11.0 Å². The molecule has 8 rings (SSSR count). The molecule has 0 spiro atoms. The fourth-order valence-electron chi connectivity index (χ4n) is 6.44. The fourth-order valence-corrected chi connectivity index (χ4v) is 6.44. The molecule has 0 saturated heterocycles. The molecule has 12 nitrogen and oxygen atoms in total. The Morgan fingerprint density at radius 2 is 0.965 bits per heavy atom. The van der Waals surface area contributed by atoms with Crippen LogP contribution < -0.4 is 33.2 Å². The number of nitrogen functional groups attached to an aromatic ring is 1. The van der Waals surface area contributed by atoms with Gasteiger partial charge in [0.2, 0.25) is 5.56 Å². The molecule has 8 aromatic rings. The third kappa shape index (κ3) is 10.5. The van der Waals surface area contributed by atoms with E-state index in [1.54, 1.807) is 45.5 Å². The van der Waals surface area contributed by atoms with Gasteiger partial charge in [-0.25, -0.2) is 0 Å². The summed E-state index contributed by atoms with van der Waals surface area (Å²) in [6.07, 6.45) is 2.80. The highest BCUT2D eigenvalue weighted by atomic mass is 16.8. The second kappa shape index (κ2) is 19.7. The minimum absolute atomic E-state index is 0.0445. The van der Waals surface area contributed by atoms with E-state index >= 15 is 0 Å². The van der Waals surface area contributed by atoms with Gasteiger partial charge in [0, 0.05) is 65.9 Å². The van der Waals surface area contributed by atoms with Crippen LogP contribution in [0.1, 0.15) is 40.0 Å².